The molecule has 0 fully saturated rings. The van der Waals surface area contributed by atoms with E-state index in [0.717, 1.165) is 17.3 Å². The predicted octanol–water partition coefficient (Wildman–Crippen LogP) is 3.31. The Kier molecular flexibility index (Phi) is 10.4. The van der Waals surface area contributed by atoms with Gasteiger partial charge in [-0.25, -0.2) is 0 Å². The highest BCUT2D eigenvalue weighted by atomic mass is 32.2. The van der Waals surface area contributed by atoms with Crippen LogP contribution in [0.15, 0.2) is 73.3 Å². The number of imide groups is 1. The van der Waals surface area contributed by atoms with Crippen LogP contribution in [0.25, 0.3) is 0 Å². The van der Waals surface area contributed by atoms with E-state index in [1.54, 1.807) is 30.3 Å². The number of thioether (sulfide) groups is 2. The van der Waals surface area contributed by atoms with Gasteiger partial charge in [-0.2, -0.15) is 11.8 Å². The zero-order chi connectivity index (χ0) is 21.8. The van der Waals surface area contributed by atoms with Gasteiger partial charge in [0, 0.05) is 22.8 Å². The summed E-state index contributed by atoms with van der Waals surface area (Å²) < 4.78 is 0. The fourth-order valence-corrected chi connectivity index (χ4v) is 4.26. The summed E-state index contributed by atoms with van der Waals surface area (Å²) in [4.78, 5) is 37.5. The van der Waals surface area contributed by atoms with E-state index >= 15 is 0 Å². The van der Waals surface area contributed by atoms with Crippen LogP contribution in [0.2, 0.25) is 0 Å². The van der Waals surface area contributed by atoms with Crippen LogP contribution >= 0.6 is 23.5 Å². The third-order valence-corrected chi connectivity index (χ3v) is 6.37. The molecule has 0 saturated carbocycles. The van der Waals surface area contributed by atoms with Crippen LogP contribution in [-0.4, -0.2) is 40.2 Å². The number of benzene rings is 2. The Labute approximate surface area is 185 Å². The molecule has 0 aromatic heterocycles. The van der Waals surface area contributed by atoms with Gasteiger partial charge in [-0.05, 0) is 12.0 Å². The standard InChI is InChI=1S/C23H26N2O3S2/c1-2-13-29-16-20(24)22(27)25-21(26)19(14-17-9-5-3-6-10-17)15-30-23(28)18-11-7-4-8-12-18/h2-12,19-20H,1,13-16,24H2,(H,25,26,27)/t19-,20+/m1/s1. The molecule has 0 aliphatic carbocycles. The van der Waals surface area contributed by atoms with Gasteiger partial charge in [0.1, 0.15) is 0 Å². The highest BCUT2D eigenvalue weighted by molar-refractivity contribution is 8.14. The van der Waals surface area contributed by atoms with E-state index in [1.807, 2.05) is 36.4 Å². The number of nitrogens with two attached hydrogens (primary N) is 1. The molecular weight excluding hydrogens is 416 g/mol. The third kappa shape index (κ3) is 8.18. The smallest absolute Gasteiger partial charge is 0.244 e. The molecule has 0 heterocycles. The van der Waals surface area contributed by atoms with Gasteiger partial charge in [-0.1, -0.05) is 78.5 Å². The molecule has 0 saturated heterocycles. The van der Waals surface area contributed by atoms with Gasteiger partial charge in [0.15, 0.2) is 0 Å². The van der Waals surface area contributed by atoms with Crippen molar-refractivity contribution in [3.63, 3.8) is 0 Å². The molecule has 0 aliphatic rings. The topological polar surface area (TPSA) is 89.3 Å². The molecule has 2 aromatic carbocycles. The molecule has 0 bridgehead atoms. The Morgan fingerprint density at radius 2 is 1.60 bits per heavy atom. The van der Waals surface area contributed by atoms with E-state index in [9.17, 15) is 14.4 Å². The van der Waals surface area contributed by atoms with E-state index in [4.69, 9.17) is 5.73 Å². The van der Waals surface area contributed by atoms with E-state index in [2.05, 4.69) is 11.9 Å². The minimum absolute atomic E-state index is 0.106. The van der Waals surface area contributed by atoms with Crippen molar-refractivity contribution in [3.05, 3.63) is 84.4 Å². The predicted molar refractivity (Wildman–Crippen MR) is 126 cm³/mol. The summed E-state index contributed by atoms with van der Waals surface area (Å²) in [6.07, 6.45) is 2.16. The first-order valence-electron chi connectivity index (χ1n) is 9.56. The number of hydrogen-bond donors (Lipinski definition) is 2. The Morgan fingerprint density at radius 1 is 0.967 bits per heavy atom. The SMILES string of the molecule is C=CCSC[C@H](N)C(=O)NC(=O)[C@@H](CSC(=O)c1ccccc1)Cc1ccccc1. The molecule has 7 heteroatoms. The van der Waals surface area contributed by atoms with Crippen LogP contribution in [0.4, 0.5) is 0 Å². The van der Waals surface area contributed by atoms with Crippen LogP contribution in [0.1, 0.15) is 15.9 Å². The average Bonchev–Trinajstić information content (AvgIpc) is 2.77. The number of amides is 2. The zero-order valence-corrected chi connectivity index (χ0v) is 18.3. The summed E-state index contributed by atoms with van der Waals surface area (Å²) in [7, 11) is 0. The molecule has 158 valence electrons. The lowest BCUT2D eigenvalue weighted by Crippen LogP contribution is -2.47. The Morgan fingerprint density at radius 3 is 2.23 bits per heavy atom. The second-order valence-corrected chi connectivity index (χ2v) is 8.70. The number of carbonyl (C=O) groups excluding carboxylic acids is 3. The first-order valence-corrected chi connectivity index (χ1v) is 11.7. The fourth-order valence-electron chi connectivity index (χ4n) is 2.63. The van der Waals surface area contributed by atoms with Crippen LogP contribution in [-0.2, 0) is 16.0 Å². The number of rotatable bonds is 11. The molecule has 2 atom stereocenters. The minimum Gasteiger partial charge on any atom is -0.319 e. The van der Waals surface area contributed by atoms with Crippen molar-refractivity contribution in [2.45, 2.75) is 12.5 Å². The number of hydrogen-bond acceptors (Lipinski definition) is 6. The molecule has 3 N–H and O–H groups in total. The molecule has 0 unspecified atom stereocenters. The van der Waals surface area contributed by atoms with Crippen molar-refractivity contribution < 1.29 is 14.4 Å². The molecule has 2 rings (SSSR count). The summed E-state index contributed by atoms with van der Waals surface area (Å²) in [5.41, 5.74) is 7.42. The van der Waals surface area contributed by atoms with Crippen molar-refractivity contribution in [1.82, 2.24) is 5.32 Å². The van der Waals surface area contributed by atoms with Crippen molar-refractivity contribution in [2.75, 3.05) is 17.3 Å². The number of nitrogens with one attached hydrogen (secondary N) is 1. The summed E-state index contributed by atoms with van der Waals surface area (Å²) in [6.45, 7) is 3.62. The van der Waals surface area contributed by atoms with Crippen molar-refractivity contribution in [3.8, 4) is 0 Å². The minimum atomic E-state index is -0.783. The number of carbonyl (C=O) groups is 3. The van der Waals surface area contributed by atoms with Gasteiger partial charge in [-0.3, -0.25) is 19.7 Å². The van der Waals surface area contributed by atoms with Crippen LogP contribution in [0, 0.1) is 5.92 Å². The first kappa shape index (κ1) is 23.9. The van der Waals surface area contributed by atoms with E-state index in [-0.39, 0.29) is 10.9 Å². The fraction of sp³-hybridized carbons (Fsp3) is 0.261. The highest BCUT2D eigenvalue weighted by Crippen LogP contribution is 2.19. The van der Waals surface area contributed by atoms with E-state index < -0.39 is 23.8 Å². The Bertz CT molecular complexity index is 844. The molecule has 2 amide bonds. The van der Waals surface area contributed by atoms with Crippen molar-refractivity contribution in [2.24, 2.45) is 11.7 Å². The summed E-state index contributed by atoms with van der Waals surface area (Å²) in [5.74, 6) is -0.112. The quantitative estimate of drug-likeness (QED) is 0.410. The zero-order valence-electron chi connectivity index (χ0n) is 16.7. The third-order valence-electron chi connectivity index (χ3n) is 4.24. The molecule has 0 radical (unpaired) electrons. The lowest BCUT2D eigenvalue weighted by Gasteiger charge is -2.17. The van der Waals surface area contributed by atoms with Gasteiger partial charge < -0.3 is 5.73 Å². The second kappa shape index (κ2) is 13.1. The molecule has 30 heavy (non-hydrogen) atoms. The van der Waals surface area contributed by atoms with Gasteiger partial charge in [0.25, 0.3) is 0 Å². The normalized spacial score (nSPS) is 12.6. The largest absolute Gasteiger partial charge is 0.319 e. The molecule has 0 spiro atoms. The Hall–Kier alpha value is -2.35. The Balaban J connectivity index is 2.01. The van der Waals surface area contributed by atoms with Gasteiger partial charge in [0.2, 0.25) is 16.9 Å². The van der Waals surface area contributed by atoms with Gasteiger partial charge in [0.05, 0.1) is 12.0 Å². The monoisotopic (exact) mass is 442 g/mol. The van der Waals surface area contributed by atoms with Crippen LogP contribution in [0.3, 0.4) is 0 Å². The lowest BCUT2D eigenvalue weighted by molar-refractivity contribution is -0.132. The lowest BCUT2D eigenvalue weighted by atomic mass is 10.00. The maximum Gasteiger partial charge on any atom is 0.244 e. The molecule has 2 aromatic rings. The van der Waals surface area contributed by atoms with Crippen molar-refractivity contribution in [1.29, 1.82) is 0 Å². The van der Waals surface area contributed by atoms with Gasteiger partial charge in [-0.15, -0.1) is 6.58 Å². The summed E-state index contributed by atoms with van der Waals surface area (Å²) in [6, 6.07) is 17.7. The first-order chi connectivity index (χ1) is 14.5. The molecular formula is C23H26N2O3S2. The van der Waals surface area contributed by atoms with E-state index in [1.165, 1.54) is 11.8 Å². The molecule has 0 aliphatic heterocycles. The van der Waals surface area contributed by atoms with E-state index in [0.29, 0.717) is 23.5 Å². The highest BCUT2D eigenvalue weighted by Gasteiger charge is 2.25. The summed E-state index contributed by atoms with van der Waals surface area (Å²) >= 11 is 2.56. The van der Waals surface area contributed by atoms with Crippen molar-refractivity contribution >= 4 is 40.5 Å². The van der Waals surface area contributed by atoms with Gasteiger partial charge >= 0.3 is 0 Å². The van der Waals surface area contributed by atoms with Crippen LogP contribution < -0.4 is 11.1 Å². The van der Waals surface area contributed by atoms with Crippen LogP contribution in [0.5, 0.6) is 0 Å². The maximum absolute atomic E-state index is 12.8. The summed E-state index contributed by atoms with van der Waals surface area (Å²) in [5, 5.41) is 2.32. The second-order valence-electron chi connectivity index (χ2n) is 6.64. The maximum atomic E-state index is 12.8. The molecule has 5 nitrogen and oxygen atoms in total. The average molecular weight is 443 g/mol.